The van der Waals surface area contributed by atoms with Gasteiger partial charge in [-0.1, -0.05) is 31.5 Å². The number of benzene rings is 1. The van der Waals surface area contributed by atoms with E-state index in [4.69, 9.17) is 10.00 Å². The van der Waals surface area contributed by atoms with Gasteiger partial charge in [-0.15, -0.1) is 0 Å². The molecule has 0 atom stereocenters. The molecule has 2 rings (SSSR count). The molecular formula is C16H16N2O. The normalized spacial score (nSPS) is 9.89. The van der Waals surface area contributed by atoms with Gasteiger partial charge >= 0.3 is 0 Å². The van der Waals surface area contributed by atoms with Crippen molar-refractivity contribution in [2.24, 2.45) is 0 Å². The van der Waals surface area contributed by atoms with Gasteiger partial charge < -0.3 is 4.74 Å². The number of rotatable bonds is 5. The number of aromatic nitrogens is 1. The summed E-state index contributed by atoms with van der Waals surface area (Å²) in [6.07, 6.45) is 2.04. The second kappa shape index (κ2) is 6.55. The summed E-state index contributed by atoms with van der Waals surface area (Å²) >= 11 is 0. The van der Waals surface area contributed by atoms with Crippen LogP contribution in [-0.4, -0.2) is 4.98 Å². The standard InChI is InChI=1S/C16H16N2O/c1-2-4-15-5-3-6-16(18-15)19-12-14-9-7-13(11-17)8-10-14/h3,5-10H,2,4,12H2,1H3. The molecule has 19 heavy (non-hydrogen) atoms. The summed E-state index contributed by atoms with van der Waals surface area (Å²) in [6, 6.07) is 15.3. The van der Waals surface area contributed by atoms with Gasteiger partial charge in [-0.3, -0.25) is 0 Å². The molecule has 0 unspecified atom stereocenters. The second-order valence-electron chi connectivity index (χ2n) is 4.31. The van der Waals surface area contributed by atoms with Gasteiger partial charge in [0.05, 0.1) is 11.6 Å². The number of aryl methyl sites for hydroxylation is 1. The van der Waals surface area contributed by atoms with E-state index in [9.17, 15) is 0 Å². The van der Waals surface area contributed by atoms with Crippen LogP contribution in [0.3, 0.4) is 0 Å². The molecular weight excluding hydrogens is 236 g/mol. The van der Waals surface area contributed by atoms with Gasteiger partial charge in [0.2, 0.25) is 5.88 Å². The van der Waals surface area contributed by atoms with Gasteiger partial charge in [0.25, 0.3) is 0 Å². The molecule has 0 spiro atoms. The monoisotopic (exact) mass is 252 g/mol. The number of pyridine rings is 1. The highest BCUT2D eigenvalue weighted by Crippen LogP contribution is 2.12. The average Bonchev–Trinajstić information content (AvgIpc) is 2.46. The number of nitriles is 1. The van der Waals surface area contributed by atoms with E-state index >= 15 is 0 Å². The SMILES string of the molecule is CCCc1cccc(OCc2ccc(C#N)cc2)n1. The van der Waals surface area contributed by atoms with Crippen molar-refractivity contribution >= 4 is 0 Å². The maximum absolute atomic E-state index is 8.73. The van der Waals surface area contributed by atoms with Crippen molar-refractivity contribution in [1.82, 2.24) is 4.98 Å². The zero-order chi connectivity index (χ0) is 13.5. The highest BCUT2D eigenvalue weighted by Gasteiger charge is 1.99. The van der Waals surface area contributed by atoms with Crippen LogP contribution >= 0.6 is 0 Å². The molecule has 1 aromatic carbocycles. The van der Waals surface area contributed by atoms with Gasteiger partial charge in [0.15, 0.2) is 0 Å². The molecule has 0 fully saturated rings. The van der Waals surface area contributed by atoms with Gasteiger partial charge in [-0.05, 0) is 30.2 Å². The van der Waals surface area contributed by atoms with Crippen LogP contribution < -0.4 is 4.74 Å². The van der Waals surface area contributed by atoms with Crippen molar-refractivity contribution < 1.29 is 4.74 Å². The summed E-state index contributed by atoms with van der Waals surface area (Å²) in [5.41, 5.74) is 2.74. The van der Waals surface area contributed by atoms with Crippen molar-refractivity contribution in [2.45, 2.75) is 26.4 Å². The van der Waals surface area contributed by atoms with Crippen LogP contribution in [-0.2, 0) is 13.0 Å². The number of hydrogen-bond acceptors (Lipinski definition) is 3. The lowest BCUT2D eigenvalue weighted by atomic mass is 10.2. The molecule has 0 aliphatic heterocycles. The van der Waals surface area contributed by atoms with E-state index in [1.165, 1.54) is 0 Å². The Balaban J connectivity index is 1.97. The van der Waals surface area contributed by atoms with Gasteiger partial charge in [-0.2, -0.15) is 5.26 Å². The van der Waals surface area contributed by atoms with Crippen molar-refractivity contribution in [3.63, 3.8) is 0 Å². The summed E-state index contributed by atoms with van der Waals surface area (Å²) in [4.78, 5) is 4.44. The largest absolute Gasteiger partial charge is 0.473 e. The Bertz CT molecular complexity index is 570. The zero-order valence-electron chi connectivity index (χ0n) is 11.0. The minimum Gasteiger partial charge on any atom is -0.473 e. The fourth-order valence-electron chi connectivity index (χ4n) is 1.77. The molecule has 1 aromatic heterocycles. The molecule has 0 bridgehead atoms. The third-order valence-electron chi connectivity index (χ3n) is 2.76. The van der Waals surface area contributed by atoms with Gasteiger partial charge in [0.1, 0.15) is 6.61 Å². The van der Waals surface area contributed by atoms with Crippen molar-refractivity contribution in [1.29, 1.82) is 5.26 Å². The first kappa shape index (κ1) is 13.1. The lowest BCUT2D eigenvalue weighted by Gasteiger charge is -2.06. The Kier molecular flexibility index (Phi) is 4.52. The third kappa shape index (κ3) is 3.82. The number of nitrogens with zero attached hydrogens (tertiary/aromatic N) is 2. The molecule has 3 nitrogen and oxygen atoms in total. The van der Waals surface area contributed by atoms with Crippen molar-refractivity contribution in [3.8, 4) is 11.9 Å². The topological polar surface area (TPSA) is 45.9 Å². The second-order valence-corrected chi connectivity index (χ2v) is 4.31. The predicted molar refractivity (Wildman–Crippen MR) is 73.7 cm³/mol. The minimum absolute atomic E-state index is 0.467. The first-order valence-electron chi connectivity index (χ1n) is 6.39. The van der Waals surface area contributed by atoms with E-state index in [0.717, 1.165) is 24.1 Å². The lowest BCUT2D eigenvalue weighted by Crippen LogP contribution is -1.99. The van der Waals surface area contributed by atoms with Crippen LogP contribution in [0.4, 0.5) is 0 Å². The van der Waals surface area contributed by atoms with E-state index in [1.54, 1.807) is 12.1 Å². The van der Waals surface area contributed by atoms with Gasteiger partial charge in [-0.25, -0.2) is 4.98 Å². The van der Waals surface area contributed by atoms with E-state index in [2.05, 4.69) is 18.0 Å². The Morgan fingerprint density at radius 1 is 1.16 bits per heavy atom. The molecule has 0 aliphatic carbocycles. The molecule has 0 aliphatic rings. The fourth-order valence-corrected chi connectivity index (χ4v) is 1.77. The Labute approximate surface area is 113 Å². The maximum Gasteiger partial charge on any atom is 0.213 e. The van der Waals surface area contributed by atoms with Crippen molar-refractivity contribution in [3.05, 3.63) is 59.3 Å². The van der Waals surface area contributed by atoms with Crippen LogP contribution in [0.15, 0.2) is 42.5 Å². The van der Waals surface area contributed by atoms with Crippen LogP contribution in [0.5, 0.6) is 5.88 Å². The molecule has 0 radical (unpaired) electrons. The van der Waals surface area contributed by atoms with E-state index in [0.29, 0.717) is 18.1 Å². The highest BCUT2D eigenvalue weighted by molar-refractivity contribution is 5.31. The van der Waals surface area contributed by atoms with Gasteiger partial charge in [0, 0.05) is 11.8 Å². The molecule has 0 saturated carbocycles. The lowest BCUT2D eigenvalue weighted by molar-refractivity contribution is 0.293. The third-order valence-corrected chi connectivity index (χ3v) is 2.76. The molecule has 0 amide bonds. The summed E-state index contributed by atoms with van der Waals surface area (Å²) in [6.45, 7) is 2.60. The quantitative estimate of drug-likeness (QED) is 0.818. The van der Waals surface area contributed by atoms with Crippen LogP contribution in [0.1, 0.15) is 30.2 Å². The zero-order valence-corrected chi connectivity index (χ0v) is 11.0. The van der Waals surface area contributed by atoms with Crippen LogP contribution in [0.25, 0.3) is 0 Å². The molecule has 3 heteroatoms. The first-order valence-corrected chi connectivity index (χ1v) is 6.39. The van der Waals surface area contributed by atoms with Crippen LogP contribution in [0, 0.1) is 11.3 Å². The predicted octanol–water partition coefficient (Wildman–Crippen LogP) is 3.48. The van der Waals surface area contributed by atoms with Crippen LogP contribution in [0.2, 0.25) is 0 Å². The first-order chi connectivity index (χ1) is 9.31. The van der Waals surface area contributed by atoms with Crippen molar-refractivity contribution in [2.75, 3.05) is 0 Å². The smallest absolute Gasteiger partial charge is 0.213 e. The Morgan fingerprint density at radius 3 is 2.63 bits per heavy atom. The number of ether oxygens (including phenoxy) is 1. The van der Waals surface area contributed by atoms with E-state index in [-0.39, 0.29) is 0 Å². The fraction of sp³-hybridized carbons (Fsp3) is 0.250. The summed E-state index contributed by atoms with van der Waals surface area (Å²) in [5.74, 6) is 0.648. The summed E-state index contributed by atoms with van der Waals surface area (Å²) < 4.78 is 5.66. The summed E-state index contributed by atoms with van der Waals surface area (Å²) in [5, 5.41) is 8.73. The Hall–Kier alpha value is -2.34. The highest BCUT2D eigenvalue weighted by atomic mass is 16.5. The van der Waals surface area contributed by atoms with E-state index < -0.39 is 0 Å². The van der Waals surface area contributed by atoms with E-state index in [1.807, 2.05) is 30.3 Å². The number of hydrogen-bond donors (Lipinski definition) is 0. The molecule has 2 aromatic rings. The molecule has 0 N–H and O–H groups in total. The minimum atomic E-state index is 0.467. The average molecular weight is 252 g/mol. The molecule has 96 valence electrons. The Morgan fingerprint density at radius 2 is 1.95 bits per heavy atom. The maximum atomic E-state index is 8.73. The molecule has 0 saturated heterocycles. The summed E-state index contributed by atoms with van der Waals surface area (Å²) in [7, 11) is 0. The molecule has 1 heterocycles.